The van der Waals surface area contributed by atoms with Crippen LogP contribution in [0.1, 0.15) is 28.4 Å². The quantitative estimate of drug-likeness (QED) is 0.684. The molecule has 1 rings (SSSR count). The van der Waals surface area contributed by atoms with Crippen molar-refractivity contribution in [3.63, 3.8) is 0 Å². The number of carbonyl (C=O) groups is 1. The topological polar surface area (TPSA) is 64.7 Å². The zero-order valence-electron chi connectivity index (χ0n) is 8.61. The summed E-state index contributed by atoms with van der Waals surface area (Å²) in [6, 6.07) is 8.76. The van der Waals surface area contributed by atoms with Crippen LogP contribution in [0.5, 0.6) is 0 Å². The van der Waals surface area contributed by atoms with E-state index in [2.05, 4.69) is 0 Å². The van der Waals surface area contributed by atoms with Crippen LogP contribution in [-0.2, 0) is 0 Å². The number of carbonyl (C=O) groups excluding carboxylic acids is 1. The maximum absolute atomic E-state index is 11.6. The third-order valence-electron chi connectivity index (χ3n) is 2.22. The Bertz CT molecular complexity index is 477. The first kappa shape index (κ1) is 10.9. The van der Waals surface area contributed by atoms with Crippen LogP contribution in [0, 0.1) is 35.5 Å². The number of ketones is 1. The zero-order chi connectivity index (χ0) is 11.4. The van der Waals surface area contributed by atoms with Gasteiger partial charge in [-0.15, -0.1) is 0 Å². The number of benzene rings is 1. The highest BCUT2D eigenvalue weighted by atomic mass is 16.1. The molecule has 0 aromatic heterocycles. The van der Waals surface area contributed by atoms with Crippen molar-refractivity contribution in [2.75, 3.05) is 0 Å². The van der Waals surface area contributed by atoms with Crippen LogP contribution in [0.25, 0.3) is 0 Å². The summed E-state index contributed by atoms with van der Waals surface area (Å²) in [6.07, 6.45) is 0. The van der Waals surface area contributed by atoms with Crippen LogP contribution in [0.2, 0.25) is 0 Å². The van der Waals surface area contributed by atoms with Crippen LogP contribution in [0.15, 0.2) is 18.2 Å². The predicted octanol–water partition coefficient (Wildman–Crippen LogP) is 2.21. The largest absolute Gasteiger partial charge is 0.293 e. The monoisotopic (exact) mass is 198 g/mol. The standard InChI is InChI=1S/C12H10N2O/c1-8-5-10(3-4-11(8)7-14)12(15)9(2)6-13/h3-5,9H,1-2H3. The number of hydrogen-bond acceptors (Lipinski definition) is 3. The average Bonchev–Trinajstić information content (AvgIpc) is 2.26. The van der Waals surface area contributed by atoms with E-state index in [0.29, 0.717) is 11.1 Å². The third-order valence-corrected chi connectivity index (χ3v) is 2.22. The normalized spacial score (nSPS) is 11.2. The van der Waals surface area contributed by atoms with Gasteiger partial charge in [-0.1, -0.05) is 6.07 Å². The van der Waals surface area contributed by atoms with Gasteiger partial charge in [0, 0.05) is 5.56 Å². The van der Waals surface area contributed by atoms with Gasteiger partial charge in [0.15, 0.2) is 5.78 Å². The number of hydrogen-bond donors (Lipinski definition) is 0. The van der Waals surface area contributed by atoms with Gasteiger partial charge in [-0.3, -0.25) is 4.79 Å². The van der Waals surface area contributed by atoms with E-state index < -0.39 is 5.92 Å². The Balaban J connectivity index is 3.10. The Labute approximate surface area is 88.6 Å². The first-order valence-corrected chi connectivity index (χ1v) is 4.54. The van der Waals surface area contributed by atoms with E-state index in [1.165, 1.54) is 0 Å². The molecule has 0 aliphatic rings. The second-order valence-corrected chi connectivity index (χ2v) is 3.36. The van der Waals surface area contributed by atoms with Gasteiger partial charge in [0.25, 0.3) is 0 Å². The predicted molar refractivity (Wildman–Crippen MR) is 55.0 cm³/mol. The van der Waals surface area contributed by atoms with Crippen LogP contribution >= 0.6 is 0 Å². The highest BCUT2D eigenvalue weighted by Crippen LogP contribution is 2.13. The summed E-state index contributed by atoms with van der Waals surface area (Å²) in [5.74, 6) is -0.845. The van der Waals surface area contributed by atoms with Crippen LogP contribution in [-0.4, -0.2) is 5.78 Å². The molecule has 0 aliphatic heterocycles. The molecule has 0 saturated heterocycles. The Hall–Kier alpha value is -2.13. The summed E-state index contributed by atoms with van der Waals surface area (Å²) in [7, 11) is 0. The van der Waals surface area contributed by atoms with E-state index in [4.69, 9.17) is 10.5 Å². The molecule has 0 N–H and O–H groups in total. The van der Waals surface area contributed by atoms with Crippen molar-refractivity contribution in [3.05, 3.63) is 34.9 Å². The molecule has 1 unspecified atom stereocenters. The highest BCUT2D eigenvalue weighted by molar-refractivity contribution is 5.99. The Morgan fingerprint density at radius 1 is 1.40 bits per heavy atom. The summed E-state index contributed by atoms with van der Waals surface area (Å²) >= 11 is 0. The van der Waals surface area contributed by atoms with Gasteiger partial charge in [0.1, 0.15) is 5.92 Å². The van der Waals surface area contributed by atoms with Gasteiger partial charge in [-0.2, -0.15) is 10.5 Å². The molecule has 0 heterocycles. The van der Waals surface area contributed by atoms with E-state index in [0.717, 1.165) is 5.56 Å². The molecule has 0 saturated carbocycles. The van der Waals surface area contributed by atoms with Crippen molar-refractivity contribution < 1.29 is 4.79 Å². The van der Waals surface area contributed by atoms with E-state index in [1.54, 1.807) is 32.0 Å². The number of nitriles is 2. The molecule has 3 nitrogen and oxygen atoms in total. The number of rotatable bonds is 2. The molecule has 74 valence electrons. The van der Waals surface area contributed by atoms with E-state index in [1.807, 2.05) is 12.1 Å². The molecule has 0 radical (unpaired) electrons. The first-order valence-electron chi connectivity index (χ1n) is 4.54. The number of nitrogens with zero attached hydrogens (tertiary/aromatic N) is 2. The second kappa shape index (κ2) is 4.39. The summed E-state index contributed by atoms with van der Waals surface area (Å²) in [5, 5.41) is 17.3. The van der Waals surface area contributed by atoms with Crippen LogP contribution in [0.4, 0.5) is 0 Å². The fourth-order valence-electron chi connectivity index (χ4n) is 1.25. The molecule has 0 spiro atoms. The lowest BCUT2D eigenvalue weighted by Crippen LogP contribution is -2.09. The van der Waals surface area contributed by atoms with Crippen molar-refractivity contribution >= 4 is 5.78 Å². The maximum Gasteiger partial charge on any atom is 0.179 e. The molecular formula is C12H10N2O. The molecule has 1 atom stereocenters. The van der Waals surface area contributed by atoms with Gasteiger partial charge in [-0.25, -0.2) is 0 Å². The zero-order valence-corrected chi connectivity index (χ0v) is 8.61. The molecule has 0 bridgehead atoms. The summed E-state index contributed by atoms with van der Waals surface area (Å²) in [6.45, 7) is 3.34. The Kier molecular flexibility index (Phi) is 3.21. The minimum absolute atomic E-state index is 0.204. The molecule has 15 heavy (non-hydrogen) atoms. The van der Waals surface area contributed by atoms with E-state index in [-0.39, 0.29) is 5.78 Å². The van der Waals surface area contributed by atoms with E-state index >= 15 is 0 Å². The van der Waals surface area contributed by atoms with Gasteiger partial charge >= 0.3 is 0 Å². The van der Waals surface area contributed by atoms with Crippen LogP contribution in [0.3, 0.4) is 0 Å². The highest BCUT2D eigenvalue weighted by Gasteiger charge is 2.14. The van der Waals surface area contributed by atoms with Gasteiger partial charge in [-0.05, 0) is 31.5 Å². The molecular weight excluding hydrogens is 188 g/mol. The lowest BCUT2D eigenvalue weighted by atomic mass is 9.97. The maximum atomic E-state index is 11.6. The minimum Gasteiger partial charge on any atom is -0.293 e. The van der Waals surface area contributed by atoms with Gasteiger partial charge < -0.3 is 0 Å². The van der Waals surface area contributed by atoms with Crippen LogP contribution < -0.4 is 0 Å². The molecule has 1 aromatic carbocycles. The summed E-state index contributed by atoms with van der Waals surface area (Å²) in [5.41, 5.74) is 1.80. The minimum atomic E-state index is -0.641. The van der Waals surface area contributed by atoms with Gasteiger partial charge in [0.2, 0.25) is 0 Å². The Morgan fingerprint density at radius 2 is 2.07 bits per heavy atom. The smallest absolute Gasteiger partial charge is 0.179 e. The summed E-state index contributed by atoms with van der Waals surface area (Å²) < 4.78 is 0. The summed E-state index contributed by atoms with van der Waals surface area (Å²) in [4.78, 5) is 11.6. The third kappa shape index (κ3) is 2.21. The number of aryl methyl sites for hydroxylation is 1. The average molecular weight is 198 g/mol. The number of Topliss-reactive ketones (excluding diaryl/α,β-unsaturated/α-hetero) is 1. The lowest BCUT2D eigenvalue weighted by molar-refractivity contribution is 0.0956. The molecule has 0 amide bonds. The fraction of sp³-hybridized carbons (Fsp3) is 0.250. The van der Waals surface area contributed by atoms with Crippen molar-refractivity contribution in [2.45, 2.75) is 13.8 Å². The second-order valence-electron chi connectivity index (χ2n) is 3.36. The van der Waals surface area contributed by atoms with Crippen molar-refractivity contribution in [2.24, 2.45) is 5.92 Å². The molecule has 0 fully saturated rings. The van der Waals surface area contributed by atoms with Crippen molar-refractivity contribution in [1.29, 1.82) is 10.5 Å². The SMILES string of the molecule is Cc1cc(C(=O)C(C)C#N)ccc1C#N. The van der Waals surface area contributed by atoms with E-state index in [9.17, 15) is 4.79 Å². The fourth-order valence-corrected chi connectivity index (χ4v) is 1.25. The molecule has 0 aliphatic carbocycles. The molecule has 1 aromatic rings. The van der Waals surface area contributed by atoms with Crippen molar-refractivity contribution in [1.82, 2.24) is 0 Å². The van der Waals surface area contributed by atoms with Crippen molar-refractivity contribution in [3.8, 4) is 12.1 Å². The lowest BCUT2D eigenvalue weighted by Gasteiger charge is -2.04. The molecule has 3 heteroatoms. The first-order chi connectivity index (χ1) is 7.10. The Morgan fingerprint density at radius 3 is 2.53 bits per heavy atom. The van der Waals surface area contributed by atoms with Gasteiger partial charge in [0.05, 0.1) is 17.7 Å².